The van der Waals surface area contributed by atoms with Gasteiger partial charge >= 0.3 is 61.8 Å². The second kappa shape index (κ2) is 5.43. The van der Waals surface area contributed by atoms with Gasteiger partial charge in [0.05, 0.1) is 0 Å². The molecular formula is C7H9Cl2Ti. The molecule has 0 aromatic rings. The predicted octanol–water partition coefficient (Wildman–Crippen LogP) is -3.98. The maximum Gasteiger partial charge on any atom is -1.00 e. The summed E-state index contributed by atoms with van der Waals surface area (Å²) in [7, 11) is 0. The summed E-state index contributed by atoms with van der Waals surface area (Å²) < 4.78 is 1.52. The normalized spacial score (nSPS) is 22.2. The Kier molecular flexibility index (Phi) is 7.26. The smallest absolute Gasteiger partial charge is 1.00 e. The van der Waals surface area contributed by atoms with Crippen LogP contribution in [0.5, 0.6) is 0 Å². The molecule has 0 amide bonds. The number of rotatable bonds is 0. The van der Waals surface area contributed by atoms with Crippen molar-refractivity contribution in [3.05, 3.63) is 21.6 Å². The van der Waals surface area contributed by atoms with Gasteiger partial charge in [0.2, 0.25) is 0 Å². The molecule has 1 aliphatic carbocycles. The molecule has 0 heterocycles. The average Bonchev–Trinajstić information content (AvgIpc) is 1.98. The third kappa shape index (κ3) is 2.80. The second-order valence-corrected chi connectivity index (χ2v) is 3.09. The minimum Gasteiger partial charge on any atom is -1.00 e. The van der Waals surface area contributed by atoms with Gasteiger partial charge in [-0.3, -0.25) is 0 Å². The van der Waals surface area contributed by atoms with Crippen LogP contribution in [0.25, 0.3) is 0 Å². The standard InChI is InChI=1S/C7H9.2ClH.Ti/c1-6-3-4-7(2)5-6;;;/h3-4,6H,1-2H3;2*1H;/q;;;+2/p-2. The molecule has 0 fully saturated rings. The first-order valence-electron chi connectivity index (χ1n) is 2.82. The van der Waals surface area contributed by atoms with Crippen molar-refractivity contribution in [3.63, 3.8) is 0 Å². The Morgan fingerprint density at radius 1 is 1.40 bits per heavy atom. The summed E-state index contributed by atoms with van der Waals surface area (Å²) in [4.78, 5) is 0. The minimum absolute atomic E-state index is 0. The van der Waals surface area contributed by atoms with Crippen molar-refractivity contribution in [2.45, 2.75) is 13.8 Å². The number of hydrogen-bond donors (Lipinski definition) is 0. The molecule has 1 unspecified atom stereocenters. The number of hydrogen-bond acceptors (Lipinski definition) is 0. The maximum atomic E-state index is 2.24. The fourth-order valence-electron chi connectivity index (χ4n) is 0.834. The van der Waals surface area contributed by atoms with Crippen molar-refractivity contribution >= 4 is 0 Å². The van der Waals surface area contributed by atoms with Crippen molar-refractivity contribution in [3.8, 4) is 0 Å². The average molecular weight is 212 g/mol. The molecule has 1 aliphatic rings. The summed E-state index contributed by atoms with van der Waals surface area (Å²) in [5.74, 6) is 0.690. The summed E-state index contributed by atoms with van der Waals surface area (Å²) in [5, 5.41) is 0. The molecule has 3 heteroatoms. The molecule has 0 spiro atoms. The fourth-order valence-corrected chi connectivity index (χ4v) is 1.11. The van der Waals surface area contributed by atoms with Gasteiger partial charge in [-0.05, 0) is 0 Å². The van der Waals surface area contributed by atoms with E-state index in [2.05, 4.69) is 46.4 Å². The molecule has 0 radical (unpaired) electrons. The van der Waals surface area contributed by atoms with Crippen LogP contribution in [0.1, 0.15) is 13.8 Å². The van der Waals surface area contributed by atoms with Crippen LogP contribution in [-0.2, 0) is 20.4 Å². The van der Waals surface area contributed by atoms with Gasteiger partial charge in [-0.2, -0.15) is 0 Å². The third-order valence-corrected chi connectivity index (χ3v) is 2.84. The number of halogens is 2. The van der Waals surface area contributed by atoms with Gasteiger partial charge in [-0.1, -0.05) is 0 Å². The topological polar surface area (TPSA) is 0 Å². The Balaban J connectivity index is 0. The van der Waals surface area contributed by atoms with Crippen LogP contribution in [0.3, 0.4) is 0 Å². The van der Waals surface area contributed by atoms with E-state index in [1.807, 2.05) is 0 Å². The molecule has 0 nitrogen and oxygen atoms in total. The van der Waals surface area contributed by atoms with Crippen LogP contribution in [0, 0.1) is 5.92 Å². The molecular weight excluding hydrogens is 203 g/mol. The third-order valence-electron chi connectivity index (χ3n) is 1.52. The van der Waals surface area contributed by atoms with Gasteiger partial charge in [0.15, 0.2) is 0 Å². The van der Waals surface area contributed by atoms with Gasteiger partial charge in [0.1, 0.15) is 0 Å². The predicted molar refractivity (Wildman–Crippen MR) is 31.0 cm³/mol. The molecule has 0 aliphatic heterocycles. The van der Waals surface area contributed by atoms with Crippen LogP contribution < -0.4 is 24.8 Å². The van der Waals surface area contributed by atoms with Crippen LogP contribution >= 0.6 is 0 Å². The molecule has 0 saturated carbocycles. The Labute approximate surface area is 86.4 Å². The number of allylic oxidation sites excluding steroid dienone is 4. The molecule has 0 N–H and O–H groups in total. The van der Waals surface area contributed by atoms with Gasteiger partial charge in [0.25, 0.3) is 0 Å². The second-order valence-electron chi connectivity index (χ2n) is 2.24. The van der Waals surface area contributed by atoms with Crippen molar-refractivity contribution < 1.29 is 45.2 Å². The summed E-state index contributed by atoms with van der Waals surface area (Å²) in [6.07, 6.45) is 4.44. The molecule has 10 heavy (non-hydrogen) atoms. The Bertz CT molecular complexity index is 161. The van der Waals surface area contributed by atoms with Crippen LogP contribution in [0.4, 0.5) is 0 Å². The monoisotopic (exact) mass is 211 g/mol. The van der Waals surface area contributed by atoms with Crippen molar-refractivity contribution in [2.24, 2.45) is 5.92 Å². The minimum atomic E-state index is 0. The molecule has 0 aromatic carbocycles. The fraction of sp³-hybridized carbons (Fsp3) is 0.429. The van der Waals surface area contributed by atoms with Gasteiger partial charge in [0, 0.05) is 0 Å². The van der Waals surface area contributed by atoms with E-state index in [0.29, 0.717) is 5.92 Å². The Morgan fingerprint density at radius 3 is 2.00 bits per heavy atom. The van der Waals surface area contributed by atoms with Gasteiger partial charge in [-0.25, -0.2) is 0 Å². The van der Waals surface area contributed by atoms with E-state index in [4.69, 9.17) is 0 Å². The summed E-state index contributed by atoms with van der Waals surface area (Å²) in [6.45, 7) is 4.39. The van der Waals surface area contributed by atoms with E-state index in [-0.39, 0.29) is 24.8 Å². The summed E-state index contributed by atoms with van der Waals surface area (Å²) in [5.41, 5.74) is 1.44. The van der Waals surface area contributed by atoms with Crippen molar-refractivity contribution in [1.82, 2.24) is 0 Å². The molecule has 0 saturated heterocycles. The summed E-state index contributed by atoms with van der Waals surface area (Å²) >= 11 is 2.19. The maximum absolute atomic E-state index is 2.24. The SMILES string of the molecule is CC1=[C]([Ti+2])C(C)C=C1.[Cl-].[Cl-]. The van der Waals surface area contributed by atoms with Crippen molar-refractivity contribution in [2.75, 3.05) is 0 Å². The molecule has 0 bridgehead atoms. The van der Waals surface area contributed by atoms with E-state index >= 15 is 0 Å². The van der Waals surface area contributed by atoms with E-state index in [9.17, 15) is 0 Å². The zero-order valence-electron chi connectivity index (χ0n) is 5.99. The Hall–Kier alpha value is 0.774. The first kappa shape index (κ1) is 13.4. The van der Waals surface area contributed by atoms with Crippen molar-refractivity contribution in [1.29, 1.82) is 0 Å². The van der Waals surface area contributed by atoms with E-state index in [0.717, 1.165) is 0 Å². The first-order chi connectivity index (χ1) is 3.72. The molecule has 55 valence electrons. The van der Waals surface area contributed by atoms with E-state index in [1.54, 1.807) is 0 Å². The zero-order chi connectivity index (χ0) is 6.15. The quantitative estimate of drug-likeness (QED) is 0.359. The van der Waals surface area contributed by atoms with Crippen LogP contribution in [0.15, 0.2) is 21.6 Å². The first-order valence-corrected chi connectivity index (χ1v) is 3.60. The van der Waals surface area contributed by atoms with Gasteiger partial charge < -0.3 is 24.8 Å². The Morgan fingerprint density at radius 2 is 1.90 bits per heavy atom. The van der Waals surface area contributed by atoms with Gasteiger partial charge in [-0.15, -0.1) is 0 Å². The molecule has 1 rings (SSSR count). The van der Waals surface area contributed by atoms with Crippen LogP contribution in [0.2, 0.25) is 0 Å². The van der Waals surface area contributed by atoms with E-state index < -0.39 is 0 Å². The summed E-state index contributed by atoms with van der Waals surface area (Å²) in [6, 6.07) is 0. The van der Waals surface area contributed by atoms with Crippen LogP contribution in [-0.4, -0.2) is 0 Å². The molecule has 0 aromatic heterocycles. The largest absolute Gasteiger partial charge is 1.00 e. The zero-order valence-corrected chi connectivity index (χ0v) is 9.06. The molecule has 1 atom stereocenters. The van der Waals surface area contributed by atoms with E-state index in [1.165, 1.54) is 9.45 Å².